The van der Waals surface area contributed by atoms with Gasteiger partial charge in [0.1, 0.15) is 5.75 Å². The zero-order valence-corrected chi connectivity index (χ0v) is 25.9. The third kappa shape index (κ3) is 6.42. The van der Waals surface area contributed by atoms with E-state index in [1.165, 1.54) is 10.1 Å². The highest BCUT2D eigenvalue weighted by Crippen LogP contribution is 2.37. The number of carbonyl (C=O) groups is 1. The number of hydrogen-bond acceptors (Lipinski definition) is 10. The van der Waals surface area contributed by atoms with E-state index in [4.69, 9.17) is 4.74 Å². The number of para-hydroxylation sites is 1. The molecule has 2 aromatic heterocycles. The molecule has 5 rings (SSSR count). The number of likely N-dealkylation sites (N-methyl/N-ethyl adjacent to an activating group) is 1. The lowest BCUT2D eigenvalue weighted by Gasteiger charge is -2.32. The van der Waals surface area contributed by atoms with E-state index in [-0.39, 0.29) is 10.8 Å². The van der Waals surface area contributed by atoms with Crippen molar-refractivity contribution in [2.24, 2.45) is 0 Å². The van der Waals surface area contributed by atoms with Crippen LogP contribution in [0, 0.1) is 6.92 Å². The smallest absolute Gasteiger partial charge is 0.233 e. The van der Waals surface area contributed by atoms with Crippen LogP contribution in [-0.4, -0.2) is 77.8 Å². The summed E-state index contributed by atoms with van der Waals surface area (Å²) in [7, 11) is -0.258. The van der Waals surface area contributed by atoms with Crippen LogP contribution in [-0.2, 0) is 14.6 Å². The van der Waals surface area contributed by atoms with E-state index in [9.17, 15) is 13.2 Å². The van der Waals surface area contributed by atoms with Crippen LogP contribution in [0.4, 0.5) is 23.3 Å². The molecule has 2 aromatic carbocycles. The van der Waals surface area contributed by atoms with Crippen LogP contribution in [0.2, 0.25) is 0 Å². The standard InChI is InChI=1S/C30H38N8O4S/c1-19(2)43(40,41)26-9-7-6-8-23(26)34-30-36-29(35-27-10-13-32-38(27)30)33-24-16-20(3)22(17-25(24)42-5)21-11-14-37(15-12-21)18-28(39)31-4/h6-10,13,16-17,19,21H,11-12,14-15,18H2,1-5H3,(H,31,39)(H2,33,34,35,36). The summed E-state index contributed by atoms with van der Waals surface area (Å²) < 4.78 is 33.4. The number of methoxy groups -OCH3 is 1. The molecule has 0 spiro atoms. The number of anilines is 4. The Morgan fingerprint density at radius 2 is 1.81 bits per heavy atom. The van der Waals surface area contributed by atoms with Gasteiger partial charge in [0, 0.05) is 13.1 Å². The van der Waals surface area contributed by atoms with Gasteiger partial charge < -0.3 is 20.7 Å². The summed E-state index contributed by atoms with van der Waals surface area (Å²) in [4.78, 5) is 23.4. The second-order valence-corrected chi connectivity index (χ2v) is 13.4. The van der Waals surface area contributed by atoms with Crippen LogP contribution >= 0.6 is 0 Å². The molecule has 0 radical (unpaired) electrons. The number of likely N-dealkylation sites (tertiary alicyclic amines) is 1. The van der Waals surface area contributed by atoms with Crippen LogP contribution < -0.4 is 20.7 Å². The number of piperidine rings is 1. The lowest BCUT2D eigenvalue weighted by molar-refractivity contribution is -0.122. The van der Waals surface area contributed by atoms with Crippen LogP contribution in [0.15, 0.2) is 53.6 Å². The predicted molar refractivity (Wildman–Crippen MR) is 166 cm³/mol. The van der Waals surface area contributed by atoms with Gasteiger partial charge >= 0.3 is 0 Å². The van der Waals surface area contributed by atoms with Gasteiger partial charge in [-0.3, -0.25) is 9.69 Å². The lowest BCUT2D eigenvalue weighted by atomic mass is 9.86. The molecular formula is C30H38N8O4S. The SMILES string of the molecule is CNC(=O)CN1CCC(c2cc(OC)c(Nc3nc(Nc4ccccc4S(=O)(=O)C(C)C)n4nccc4n3)cc2C)CC1. The monoisotopic (exact) mass is 606 g/mol. The Hall–Kier alpha value is -4.23. The van der Waals surface area contributed by atoms with Crippen LogP contribution in [0.3, 0.4) is 0 Å². The van der Waals surface area contributed by atoms with Crippen LogP contribution in [0.1, 0.15) is 43.7 Å². The van der Waals surface area contributed by atoms with Gasteiger partial charge in [-0.25, -0.2) is 8.42 Å². The van der Waals surface area contributed by atoms with Gasteiger partial charge in [-0.15, -0.1) is 0 Å². The van der Waals surface area contributed by atoms with E-state index >= 15 is 0 Å². The van der Waals surface area contributed by atoms with Gasteiger partial charge in [0.25, 0.3) is 0 Å². The summed E-state index contributed by atoms with van der Waals surface area (Å²) in [5, 5.41) is 12.9. The third-order valence-electron chi connectivity index (χ3n) is 7.82. The normalized spacial score (nSPS) is 14.7. The quantitative estimate of drug-likeness (QED) is 0.242. The van der Waals surface area contributed by atoms with Crippen molar-refractivity contribution in [1.29, 1.82) is 0 Å². The number of ether oxygens (including phenoxy) is 1. The largest absolute Gasteiger partial charge is 0.495 e. The van der Waals surface area contributed by atoms with Crippen LogP contribution in [0.5, 0.6) is 5.75 Å². The molecule has 1 amide bonds. The molecular weight excluding hydrogens is 568 g/mol. The highest BCUT2D eigenvalue weighted by Gasteiger charge is 2.25. The maximum atomic E-state index is 13.0. The Kier molecular flexibility index (Phi) is 8.83. The topological polar surface area (TPSA) is 143 Å². The highest BCUT2D eigenvalue weighted by molar-refractivity contribution is 7.92. The number of carbonyl (C=O) groups excluding carboxylic acids is 1. The number of sulfone groups is 1. The van der Waals surface area contributed by atoms with E-state index in [1.54, 1.807) is 64.5 Å². The van der Waals surface area contributed by atoms with Crippen molar-refractivity contribution in [1.82, 2.24) is 29.8 Å². The first-order valence-corrected chi connectivity index (χ1v) is 15.9. The minimum atomic E-state index is -3.55. The fraction of sp³-hybridized carbons (Fsp3) is 0.400. The van der Waals surface area contributed by atoms with Gasteiger partial charge in [-0.1, -0.05) is 12.1 Å². The predicted octanol–water partition coefficient (Wildman–Crippen LogP) is 4.04. The Bertz CT molecular complexity index is 1730. The molecule has 0 atom stereocenters. The average molecular weight is 607 g/mol. The third-order valence-corrected chi connectivity index (χ3v) is 10.0. The number of aryl methyl sites for hydroxylation is 1. The molecule has 1 aliphatic heterocycles. The zero-order valence-electron chi connectivity index (χ0n) is 25.1. The molecule has 1 fully saturated rings. The highest BCUT2D eigenvalue weighted by atomic mass is 32.2. The number of amides is 1. The van der Waals surface area contributed by atoms with Crippen molar-refractivity contribution in [2.75, 3.05) is 44.4 Å². The number of fused-ring (bicyclic) bond motifs is 1. The van der Waals surface area contributed by atoms with Gasteiger partial charge in [-0.2, -0.15) is 19.6 Å². The second-order valence-electron chi connectivity index (χ2n) is 10.9. The maximum absolute atomic E-state index is 13.0. The Morgan fingerprint density at radius 1 is 1.07 bits per heavy atom. The van der Waals surface area contributed by atoms with Crippen molar-refractivity contribution < 1.29 is 17.9 Å². The van der Waals surface area contributed by atoms with E-state index in [2.05, 4.69) is 48.9 Å². The Labute approximate surface area is 251 Å². The maximum Gasteiger partial charge on any atom is 0.233 e. The molecule has 0 saturated carbocycles. The molecule has 43 heavy (non-hydrogen) atoms. The minimum absolute atomic E-state index is 0.0335. The van der Waals surface area contributed by atoms with Gasteiger partial charge in [0.15, 0.2) is 15.5 Å². The van der Waals surface area contributed by atoms with Crippen molar-refractivity contribution in [2.45, 2.75) is 49.7 Å². The lowest BCUT2D eigenvalue weighted by Crippen LogP contribution is -2.40. The number of aromatic nitrogens is 4. The first kappa shape index (κ1) is 30.2. The van der Waals surface area contributed by atoms with Crippen LogP contribution in [0.25, 0.3) is 5.65 Å². The fourth-order valence-electron chi connectivity index (χ4n) is 5.37. The molecule has 0 aliphatic carbocycles. The minimum Gasteiger partial charge on any atom is -0.495 e. The van der Waals surface area contributed by atoms with Gasteiger partial charge in [0.2, 0.25) is 17.8 Å². The Morgan fingerprint density at radius 3 is 2.51 bits per heavy atom. The molecule has 228 valence electrons. The fourth-order valence-corrected chi connectivity index (χ4v) is 6.57. The Balaban J connectivity index is 1.42. The van der Waals surface area contributed by atoms with E-state index < -0.39 is 15.1 Å². The molecule has 0 bridgehead atoms. The van der Waals surface area contributed by atoms with Gasteiger partial charge in [0.05, 0.1) is 41.4 Å². The molecule has 3 heterocycles. The van der Waals surface area contributed by atoms with Crippen molar-refractivity contribution >= 4 is 44.7 Å². The second kappa shape index (κ2) is 12.6. The van der Waals surface area contributed by atoms with Crippen molar-refractivity contribution in [3.8, 4) is 5.75 Å². The summed E-state index contributed by atoms with van der Waals surface area (Å²) in [6.45, 7) is 7.53. The summed E-state index contributed by atoms with van der Waals surface area (Å²) in [5.74, 6) is 1.66. The summed E-state index contributed by atoms with van der Waals surface area (Å²) >= 11 is 0. The summed E-state index contributed by atoms with van der Waals surface area (Å²) in [6, 6.07) is 12.6. The average Bonchev–Trinajstić information content (AvgIpc) is 3.47. The molecule has 4 aromatic rings. The first-order valence-electron chi connectivity index (χ1n) is 14.3. The number of benzene rings is 2. The van der Waals surface area contributed by atoms with Crippen molar-refractivity contribution in [3.05, 3.63) is 59.8 Å². The van der Waals surface area contributed by atoms with E-state index in [1.807, 2.05) is 6.07 Å². The molecule has 12 nitrogen and oxygen atoms in total. The molecule has 3 N–H and O–H groups in total. The van der Waals surface area contributed by atoms with Gasteiger partial charge in [-0.05, 0) is 88.0 Å². The molecule has 1 aliphatic rings. The molecule has 13 heteroatoms. The number of nitrogens with one attached hydrogen (secondary N) is 3. The van der Waals surface area contributed by atoms with Crippen molar-refractivity contribution in [3.63, 3.8) is 0 Å². The molecule has 0 unspecified atom stereocenters. The van der Waals surface area contributed by atoms with E-state index in [0.717, 1.165) is 31.5 Å². The zero-order chi connectivity index (χ0) is 30.7. The van der Waals surface area contributed by atoms with E-state index in [0.29, 0.717) is 47.1 Å². The number of nitrogens with zero attached hydrogens (tertiary/aromatic N) is 5. The number of rotatable bonds is 10. The molecule has 1 saturated heterocycles. The first-order chi connectivity index (χ1) is 20.6. The summed E-state index contributed by atoms with van der Waals surface area (Å²) in [6.07, 6.45) is 3.52. The number of hydrogen-bond donors (Lipinski definition) is 3. The summed E-state index contributed by atoms with van der Waals surface area (Å²) in [5.41, 5.74) is 3.97.